The highest BCUT2D eigenvalue weighted by Crippen LogP contribution is 2.40. The fraction of sp³-hybridized carbons (Fsp3) is 0.200. The third-order valence-electron chi connectivity index (χ3n) is 4.88. The molecule has 0 saturated heterocycles. The van der Waals surface area contributed by atoms with Crippen LogP contribution in [-0.4, -0.2) is 23.3 Å². The van der Waals surface area contributed by atoms with E-state index in [2.05, 4.69) is 4.74 Å². The van der Waals surface area contributed by atoms with Crippen molar-refractivity contribution in [2.24, 2.45) is 0 Å². The van der Waals surface area contributed by atoms with E-state index in [-0.39, 0.29) is 11.4 Å². The van der Waals surface area contributed by atoms with Gasteiger partial charge in [-0.2, -0.15) is 0 Å². The van der Waals surface area contributed by atoms with Gasteiger partial charge in [0, 0.05) is 5.56 Å². The lowest BCUT2D eigenvalue weighted by atomic mass is 9.85. The second kappa shape index (κ2) is 8.97. The maximum atomic E-state index is 12.9. The molecular weight excluding hydrogens is 435 g/mol. The molecule has 0 aliphatic carbocycles. The predicted octanol–water partition coefficient (Wildman–Crippen LogP) is 6.30. The normalized spacial score (nSPS) is 11.7. The summed E-state index contributed by atoms with van der Waals surface area (Å²) in [6.45, 7) is 5.83. The van der Waals surface area contributed by atoms with Crippen molar-refractivity contribution in [1.29, 1.82) is 0 Å². The summed E-state index contributed by atoms with van der Waals surface area (Å²) >= 11 is 0. The van der Waals surface area contributed by atoms with Crippen LogP contribution >= 0.6 is 0 Å². The molecule has 0 atom stereocenters. The Morgan fingerprint density at radius 3 is 1.91 bits per heavy atom. The van der Waals surface area contributed by atoms with Crippen LogP contribution in [0, 0.1) is 0 Å². The van der Waals surface area contributed by atoms with Crippen LogP contribution in [0.2, 0.25) is 0 Å². The zero-order valence-electron chi connectivity index (χ0n) is 18.2. The molecule has 8 heteroatoms. The van der Waals surface area contributed by atoms with Crippen LogP contribution in [0.15, 0.2) is 72.8 Å². The van der Waals surface area contributed by atoms with Crippen LogP contribution in [0.3, 0.4) is 0 Å². The average Bonchev–Trinajstić information content (AvgIpc) is 2.73. The van der Waals surface area contributed by atoms with Crippen molar-refractivity contribution in [1.82, 2.24) is 0 Å². The topological polar surface area (TPSA) is 66.8 Å². The molecule has 5 nitrogen and oxygen atoms in total. The number of hydrogen-bond acceptors (Lipinski definition) is 3. The first-order valence-electron chi connectivity index (χ1n) is 10.0. The Kier molecular flexibility index (Phi) is 6.48. The van der Waals surface area contributed by atoms with E-state index in [1.807, 2.05) is 26.8 Å². The highest BCUT2D eigenvalue weighted by molar-refractivity contribution is 6.39. The van der Waals surface area contributed by atoms with Gasteiger partial charge in [-0.25, -0.2) is 4.79 Å². The van der Waals surface area contributed by atoms with Gasteiger partial charge in [-0.15, -0.1) is 13.2 Å². The number of aliphatic carboxylic acids is 1. The first kappa shape index (κ1) is 23.8. The van der Waals surface area contributed by atoms with Crippen molar-refractivity contribution in [3.8, 4) is 16.9 Å². The lowest BCUT2D eigenvalue weighted by Gasteiger charge is -2.30. The monoisotopic (exact) mass is 457 g/mol. The van der Waals surface area contributed by atoms with E-state index in [9.17, 15) is 27.9 Å². The van der Waals surface area contributed by atoms with Gasteiger partial charge in [-0.05, 0) is 40.8 Å². The number of carboxylic acids is 1. The van der Waals surface area contributed by atoms with Crippen molar-refractivity contribution < 1.29 is 32.6 Å². The third kappa shape index (κ3) is 5.52. The molecule has 0 fully saturated rings. The molecular formula is C25H22F3NO4. The first-order valence-corrected chi connectivity index (χ1v) is 10.0. The number of alkyl halides is 3. The number of carbonyl (C=O) groups is 2. The maximum absolute atomic E-state index is 12.9. The smallest absolute Gasteiger partial charge is 0.474 e. The summed E-state index contributed by atoms with van der Waals surface area (Å²) in [5.41, 5.74) is 1.99. The van der Waals surface area contributed by atoms with Crippen molar-refractivity contribution in [2.45, 2.75) is 32.5 Å². The standard InChI is InChI=1S/C25H22F3NO4/c1-24(2,3)19-9-5-7-11-21(19)29(22(30)23(31)32)20-10-6-4-8-18(20)16-12-14-17(15-13-16)33-25(26,27)28/h4-15H,1-3H3,(H,31,32). The molecule has 172 valence electrons. The summed E-state index contributed by atoms with van der Waals surface area (Å²) < 4.78 is 41.4. The fourth-order valence-corrected chi connectivity index (χ4v) is 3.50. The third-order valence-corrected chi connectivity index (χ3v) is 4.88. The van der Waals surface area contributed by atoms with Gasteiger partial charge in [0.15, 0.2) is 0 Å². The Labute approximate surface area is 189 Å². The Hall–Kier alpha value is -3.81. The predicted molar refractivity (Wildman–Crippen MR) is 118 cm³/mol. The van der Waals surface area contributed by atoms with Crippen LogP contribution in [0.1, 0.15) is 26.3 Å². The lowest BCUT2D eigenvalue weighted by Crippen LogP contribution is -2.34. The van der Waals surface area contributed by atoms with E-state index < -0.39 is 23.7 Å². The van der Waals surface area contributed by atoms with Gasteiger partial charge in [-0.3, -0.25) is 9.69 Å². The molecule has 0 radical (unpaired) electrons. The Morgan fingerprint density at radius 1 is 0.818 bits per heavy atom. The molecule has 3 rings (SSSR count). The number of para-hydroxylation sites is 2. The molecule has 1 amide bonds. The molecule has 1 N–H and O–H groups in total. The highest BCUT2D eigenvalue weighted by atomic mass is 19.4. The molecule has 0 aromatic heterocycles. The Balaban J connectivity index is 2.18. The zero-order chi connectivity index (χ0) is 24.4. The van der Waals surface area contributed by atoms with Crippen LogP contribution in [0.25, 0.3) is 11.1 Å². The number of nitrogens with zero attached hydrogens (tertiary/aromatic N) is 1. The first-order chi connectivity index (χ1) is 15.4. The number of amides is 1. The molecule has 0 aliphatic heterocycles. The van der Waals surface area contributed by atoms with Gasteiger partial charge >= 0.3 is 18.2 Å². The fourth-order valence-electron chi connectivity index (χ4n) is 3.50. The Bertz CT molecular complexity index is 1170. The molecule has 0 unspecified atom stereocenters. The minimum Gasteiger partial charge on any atom is -0.474 e. The second-order valence-corrected chi connectivity index (χ2v) is 8.30. The van der Waals surface area contributed by atoms with Gasteiger partial charge < -0.3 is 9.84 Å². The summed E-state index contributed by atoms with van der Waals surface area (Å²) in [7, 11) is 0. The number of halogens is 3. The molecule has 0 spiro atoms. The van der Waals surface area contributed by atoms with Crippen LogP contribution < -0.4 is 9.64 Å². The number of carbonyl (C=O) groups excluding carboxylic acids is 1. The SMILES string of the molecule is CC(C)(C)c1ccccc1N(C(=O)C(=O)O)c1ccccc1-c1ccc(OC(F)(F)F)cc1. The summed E-state index contributed by atoms with van der Waals surface area (Å²) in [4.78, 5) is 25.8. The largest absolute Gasteiger partial charge is 0.573 e. The van der Waals surface area contributed by atoms with Crippen molar-refractivity contribution in [3.05, 3.63) is 78.4 Å². The highest BCUT2D eigenvalue weighted by Gasteiger charge is 2.32. The summed E-state index contributed by atoms with van der Waals surface area (Å²) in [5.74, 6) is -3.18. The summed E-state index contributed by atoms with van der Waals surface area (Å²) in [6, 6.07) is 18.8. The van der Waals surface area contributed by atoms with Crippen LogP contribution in [-0.2, 0) is 15.0 Å². The number of ether oxygens (including phenoxy) is 1. The molecule has 3 aromatic carbocycles. The van der Waals surface area contributed by atoms with Gasteiger partial charge in [0.1, 0.15) is 5.75 Å². The minimum absolute atomic E-state index is 0.283. The van der Waals surface area contributed by atoms with E-state index in [4.69, 9.17) is 0 Å². The van der Waals surface area contributed by atoms with Gasteiger partial charge in [0.2, 0.25) is 0 Å². The molecule has 0 bridgehead atoms. The molecule has 0 saturated carbocycles. The van der Waals surface area contributed by atoms with E-state index in [1.165, 1.54) is 12.1 Å². The minimum atomic E-state index is -4.82. The van der Waals surface area contributed by atoms with E-state index in [1.54, 1.807) is 42.5 Å². The second-order valence-electron chi connectivity index (χ2n) is 8.30. The maximum Gasteiger partial charge on any atom is 0.573 e. The summed E-state index contributed by atoms with van der Waals surface area (Å²) in [6.07, 6.45) is -4.82. The number of benzene rings is 3. The zero-order valence-corrected chi connectivity index (χ0v) is 18.2. The number of carboxylic acid groups (broad SMARTS) is 1. The lowest BCUT2D eigenvalue weighted by molar-refractivity contribution is -0.274. The van der Waals surface area contributed by atoms with Crippen molar-refractivity contribution in [3.63, 3.8) is 0 Å². The van der Waals surface area contributed by atoms with Crippen LogP contribution in [0.5, 0.6) is 5.75 Å². The van der Waals surface area contributed by atoms with E-state index in [0.717, 1.165) is 22.6 Å². The number of anilines is 2. The number of hydrogen-bond donors (Lipinski definition) is 1. The van der Waals surface area contributed by atoms with Gasteiger partial charge in [0.25, 0.3) is 0 Å². The van der Waals surface area contributed by atoms with E-state index >= 15 is 0 Å². The van der Waals surface area contributed by atoms with Gasteiger partial charge in [0.05, 0.1) is 11.4 Å². The van der Waals surface area contributed by atoms with Crippen molar-refractivity contribution >= 4 is 23.3 Å². The van der Waals surface area contributed by atoms with E-state index in [0.29, 0.717) is 16.8 Å². The molecule has 0 aliphatic rings. The van der Waals surface area contributed by atoms with Gasteiger partial charge in [-0.1, -0.05) is 69.3 Å². The Morgan fingerprint density at radius 2 is 1.36 bits per heavy atom. The van der Waals surface area contributed by atoms with Crippen LogP contribution in [0.4, 0.5) is 24.5 Å². The molecule has 33 heavy (non-hydrogen) atoms. The summed E-state index contributed by atoms with van der Waals surface area (Å²) in [5, 5.41) is 9.56. The molecule has 0 heterocycles. The average molecular weight is 457 g/mol. The molecule has 3 aromatic rings. The van der Waals surface area contributed by atoms with Crippen molar-refractivity contribution in [2.75, 3.05) is 4.90 Å². The quantitative estimate of drug-likeness (QED) is 0.467. The number of rotatable bonds is 4.